The Hall–Kier alpha value is -2.67. The number of allylic oxidation sites excluding steroid dienone is 2. The van der Waals surface area contributed by atoms with E-state index in [4.69, 9.17) is 4.74 Å². The second kappa shape index (κ2) is 13.1. The summed E-state index contributed by atoms with van der Waals surface area (Å²) in [5, 5.41) is 12.3. The molecule has 7 heteroatoms. The Morgan fingerprint density at radius 1 is 1.09 bits per heavy atom. The van der Waals surface area contributed by atoms with Crippen LogP contribution in [-0.4, -0.2) is 60.1 Å². The Morgan fingerprint density at radius 2 is 1.91 bits per heavy atom. The lowest BCUT2D eigenvalue weighted by Gasteiger charge is -2.25. The Morgan fingerprint density at radius 3 is 2.70 bits per heavy atom. The number of aliphatic hydroxyl groups excluding tert-OH is 1. The first-order chi connectivity index (χ1) is 16.1. The molecule has 0 aliphatic carbocycles. The van der Waals surface area contributed by atoms with Gasteiger partial charge in [0.05, 0.1) is 31.0 Å². The number of aliphatic hydroxyl groups is 1. The Kier molecular flexibility index (Phi) is 9.94. The van der Waals surface area contributed by atoms with Gasteiger partial charge in [-0.15, -0.1) is 0 Å². The van der Waals surface area contributed by atoms with Crippen LogP contribution in [0.5, 0.6) is 0 Å². The van der Waals surface area contributed by atoms with Crippen molar-refractivity contribution in [3.05, 3.63) is 48.0 Å². The fraction of sp³-hybridized carbons (Fsp3) is 0.577. The quantitative estimate of drug-likeness (QED) is 0.525. The van der Waals surface area contributed by atoms with E-state index in [0.29, 0.717) is 19.4 Å². The second-order valence-electron chi connectivity index (χ2n) is 8.95. The van der Waals surface area contributed by atoms with E-state index in [2.05, 4.69) is 5.32 Å². The van der Waals surface area contributed by atoms with Crippen LogP contribution in [0.15, 0.2) is 42.5 Å². The van der Waals surface area contributed by atoms with Gasteiger partial charge in [0.15, 0.2) is 0 Å². The van der Waals surface area contributed by atoms with E-state index in [-0.39, 0.29) is 55.9 Å². The Labute approximate surface area is 196 Å². The van der Waals surface area contributed by atoms with Crippen LogP contribution in [0.4, 0.5) is 0 Å². The molecule has 0 bridgehead atoms. The first kappa shape index (κ1) is 25.0. The van der Waals surface area contributed by atoms with Crippen molar-refractivity contribution in [2.45, 2.75) is 57.4 Å². The highest BCUT2D eigenvalue weighted by atomic mass is 16.5. The van der Waals surface area contributed by atoms with Crippen LogP contribution in [0.3, 0.4) is 0 Å². The van der Waals surface area contributed by atoms with Crippen molar-refractivity contribution in [3.63, 3.8) is 0 Å². The number of hydrogen-bond acceptors (Lipinski definition) is 5. The molecule has 2 amide bonds. The smallest absolute Gasteiger partial charge is 0.309 e. The summed E-state index contributed by atoms with van der Waals surface area (Å²) in [5.74, 6) is -1.20. The number of ether oxygens (including phenoxy) is 1. The van der Waals surface area contributed by atoms with Gasteiger partial charge in [0.2, 0.25) is 11.8 Å². The molecule has 3 rings (SSSR count). The first-order valence-electron chi connectivity index (χ1n) is 12.1. The number of benzene rings is 1. The standard InChI is InChI=1S/C26H36N2O5/c29-19-23-13-8-15-28(23)24(30)18-21-11-6-1-2-7-12-22(17-20-9-4-3-5-10-20)26(32)33-16-14-27-25(21)31/h1,3-6,9-10,21-23,29H,2,7-8,11-19H2,(H,27,31). The van der Waals surface area contributed by atoms with Gasteiger partial charge >= 0.3 is 5.97 Å². The highest BCUT2D eigenvalue weighted by Gasteiger charge is 2.31. The third kappa shape index (κ3) is 7.70. The van der Waals surface area contributed by atoms with Gasteiger partial charge in [-0.1, -0.05) is 42.5 Å². The predicted molar refractivity (Wildman–Crippen MR) is 125 cm³/mol. The van der Waals surface area contributed by atoms with E-state index in [1.165, 1.54) is 0 Å². The number of esters is 1. The normalized spacial score (nSPS) is 25.2. The van der Waals surface area contributed by atoms with Gasteiger partial charge in [-0.2, -0.15) is 0 Å². The molecule has 7 nitrogen and oxygen atoms in total. The summed E-state index contributed by atoms with van der Waals surface area (Å²) in [6.45, 7) is 0.929. The monoisotopic (exact) mass is 456 g/mol. The van der Waals surface area contributed by atoms with Gasteiger partial charge in [-0.3, -0.25) is 14.4 Å². The third-order valence-corrected chi connectivity index (χ3v) is 6.51. The van der Waals surface area contributed by atoms with Gasteiger partial charge in [-0.05, 0) is 50.5 Å². The molecule has 0 spiro atoms. The first-order valence-corrected chi connectivity index (χ1v) is 12.1. The van der Waals surface area contributed by atoms with E-state index >= 15 is 0 Å². The van der Waals surface area contributed by atoms with Crippen LogP contribution in [0, 0.1) is 11.8 Å². The molecule has 3 unspecified atom stereocenters. The van der Waals surface area contributed by atoms with E-state index in [1.54, 1.807) is 4.90 Å². The number of likely N-dealkylation sites (tertiary alicyclic amines) is 1. The van der Waals surface area contributed by atoms with Gasteiger partial charge in [0.25, 0.3) is 0 Å². The van der Waals surface area contributed by atoms with Gasteiger partial charge < -0.3 is 20.1 Å². The molecule has 2 aliphatic rings. The average Bonchev–Trinajstić information content (AvgIpc) is 3.31. The second-order valence-corrected chi connectivity index (χ2v) is 8.95. The number of carbonyl (C=O) groups excluding carboxylic acids is 3. The van der Waals surface area contributed by atoms with E-state index in [0.717, 1.165) is 37.7 Å². The number of nitrogens with one attached hydrogen (secondary N) is 1. The maximum absolute atomic E-state index is 12.8. The van der Waals surface area contributed by atoms with Crippen LogP contribution in [0.2, 0.25) is 0 Å². The minimum atomic E-state index is -0.474. The van der Waals surface area contributed by atoms with Gasteiger partial charge in [0.1, 0.15) is 6.61 Å². The summed E-state index contributed by atoms with van der Waals surface area (Å²) in [6.07, 6.45) is 9.34. The number of nitrogens with zero attached hydrogens (tertiary/aromatic N) is 1. The van der Waals surface area contributed by atoms with Crippen LogP contribution in [0.1, 0.15) is 50.5 Å². The number of amides is 2. The lowest BCUT2D eigenvalue weighted by molar-refractivity contribution is -0.149. The molecule has 2 N–H and O–H groups in total. The van der Waals surface area contributed by atoms with Crippen LogP contribution in [-0.2, 0) is 25.5 Å². The SMILES string of the molecule is O=C1NCCOC(=O)C(Cc2ccccc2)CCCC=CCC1CC(=O)N1CCCC1CO. The zero-order valence-corrected chi connectivity index (χ0v) is 19.3. The molecule has 1 saturated heterocycles. The lowest BCUT2D eigenvalue weighted by Crippen LogP contribution is -2.41. The minimum absolute atomic E-state index is 0.0425. The third-order valence-electron chi connectivity index (χ3n) is 6.51. The molecule has 180 valence electrons. The molecule has 0 aromatic heterocycles. The van der Waals surface area contributed by atoms with Crippen molar-refractivity contribution in [1.82, 2.24) is 10.2 Å². The topological polar surface area (TPSA) is 95.9 Å². The van der Waals surface area contributed by atoms with E-state index in [9.17, 15) is 19.5 Å². The number of cyclic esters (lactones) is 1. The van der Waals surface area contributed by atoms with Crippen molar-refractivity contribution in [2.24, 2.45) is 11.8 Å². The summed E-state index contributed by atoms with van der Waals surface area (Å²) in [6, 6.07) is 9.79. The summed E-state index contributed by atoms with van der Waals surface area (Å²) >= 11 is 0. The molecular weight excluding hydrogens is 420 g/mol. The fourth-order valence-electron chi connectivity index (χ4n) is 4.62. The minimum Gasteiger partial charge on any atom is -0.464 e. The molecule has 0 radical (unpaired) electrons. The molecular formula is C26H36N2O5. The molecule has 2 aliphatic heterocycles. The zero-order valence-electron chi connectivity index (χ0n) is 19.3. The number of rotatable bonds is 5. The predicted octanol–water partition coefficient (Wildman–Crippen LogP) is 2.62. The average molecular weight is 457 g/mol. The van der Waals surface area contributed by atoms with E-state index in [1.807, 2.05) is 42.5 Å². The molecule has 0 saturated carbocycles. The Balaban J connectivity index is 1.58. The maximum atomic E-state index is 12.8. The number of hydrogen-bond donors (Lipinski definition) is 2. The number of carbonyl (C=O) groups is 3. The lowest BCUT2D eigenvalue weighted by atomic mass is 9.93. The molecule has 2 heterocycles. The summed E-state index contributed by atoms with van der Waals surface area (Å²) in [7, 11) is 0. The van der Waals surface area contributed by atoms with Crippen molar-refractivity contribution in [1.29, 1.82) is 0 Å². The van der Waals surface area contributed by atoms with Crippen molar-refractivity contribution in [2.75, 3.05) is 26.3 Å². The molecule has 1 aromatic carbocycles. The van der Waals surface area contributed by atoms with Crippen molar-refractivity contribution in [3.8, 4) is 0 Å². The van der Waals surface area contributed by atoms with Crippen LogP contribution < -0.4 is 5.32 Å². The fourth-order valence-corrected chi connectivity index (χ4v) is 4.62. The molecule has 3 atom stereocenters. The molecule has 1 aromatic rings. The summed E-state index contributed by atoms with van der Waals surface area (Å²) in [4.78, 5) is 39.9. The van der Waals surface area contributed by atoms with Gasteiger partial charge in [0, 0.05) is 13.0 Å². The molecule has 1 fully saturated rings. The van der Waals surface area contributed by atoms with Crippen LogP contribution >= 0.6 is 0 Å². The van der Waals surface area contributed by atoms with Crippen LogP contribution in [0.25, 0.3) is 0 Å². The largest absolute Gasteiger partial charge is 0.464 e. The van der Waals surface area contributed by atoms with Crippen molar-refractivity contribution >= 4 is 17.8 Å². The maximum Gasteiger partial charge on any atom is 0.309 e. The highest BCUT2D eigenvalue weighted by molar-refractivity contribution is 5.86. The molecule has 33 heavy (non-hydrogen) atoms. The Bertz CT molecular complexity index is 810. The summed E-state index contributed by atoms with van der Waals surface area (Å²) in [5.41, 5.74) is 1.11. The highest BCUT2D eigenvalue weighted by Crippen LogP contribution is 2.22. The zero-order chi connectivity index (χ0) is 23.5. The van der Waals surface area contributed by atoms with Crippen molar-refractivity contribution < 1.29 is 24.2 Å². The van der Waals surface area contributed by atoms with Gasteiger partial charge in [-0.25, -0.2) is 0 Å². The summed E-state index contributed by atoms with van der Waals surface area (Å²) < 4.78 is 5.47. The van der Waals surface area contributed by atoms with E-state index < -0.39 is 5.92 Å².